The van der Waals surface area contributed by atoms with Crippen LogP contribution in [-0.2, 0) is 9.53 Å². The van der Waals surface area contributed by atoms with Gasteiger partial charge >= 0.3 is 0 Å². The van der Waals surface area contributed by atoms with Gasteiger partial charge in [0, 0.05) is 52.4 Å². The molecule has 29 heavy (non-hydrogen) atoms. The zero-order valence-corrected chi connectivity index (χ0v) is 18.5. The molecule has 2 saturated heterocycles. The number of likely N-dealkylation sites (N-methyl/N-ethyl adjacent to an activating group) is 2. The molecule has 1 aromatic rings. The lowest BCUT2D eigenvalue weighted by Crippen LogP contribution is -2.55. The number of pyridine rings is 1. The van der Waals surface area contributed by atoms with Gasteiger partial charge in [-0.05, 0) is 26.9 Å². The molecule has 9 heteroatoms. The molecule has 1 amide bonds. The van der Waals surface area contributed by atoms with Crippen molar-refractivity contribution in [2.24, 2.45) is 0 Å². The molecule has 0 aliphatic carbocycles. The summed E-state index contributed by atoms with van der Waals surface area (Å²) in [6, 6.07) is 2.45. The number of nitrogens with zero attached hydrogens (tertiary/aromatic N) is 6. The summed E-state index contributed by atoms with van der Waals surface area (Å²) in [5.41, 5.74) is 2.00. The summed E-state index contributed by atoms with van der Waals surface area (Å²) in [7, 11) is 8.14. The summed E-state index contributed by atoms with van der Waals surface area (Å²) in [5.74, 6) is 0.900. The number of carbonyl (C=O) groups excluding carboxylic acids is 1. The van der Waals surface area contributed by atoms with Gasteiger partial charge in [-0.3, -0.25) is 4.79 Å². The number of hydrogen-bond acceptors (Lipinski definition) is 7. The molecule has 1 aromatic heterocycles. The first kappa shape index (κ1) is 20.5. The second kappa shape index (κ2) is 8.16. The van der Waals surface area contributed by atoms with Crippen molar-refractivity contribution in [2.75, 3.05) is 82.3 Å². The maximum absolute atomic E-state index is 13.5. The van der Waals surface area contributed by atoms with Crippen molar-refractivity contribution in [3.63, 3.8) is 0 Å². The van der Waals surface area contributed by atoms with Gasteiger partial charge in [0.1, 0.15) is 10.8 Å². The van der Waals surface area contributed by atoms with Crippen LogP contribution in [0.5, 0.6) is 0 Å². The van der Waals surface area contributed by atoms with Gasteiger partial charge in [0.15, 0.2) is 12.0 Å². The number of morpholine rings is 1. The van der Waals surface area contributed by atoms with E-state index in [-0.39, 0.29) is 5.91 Å². The van der Waals surface area contributed by atoms with Gasteiger partial charge in [-0.2, -0.15) is 0 Å². The highest BCUT2D eigenvalue weighted by Crippen LogP contribution is 2.45. The summed E-state index contributed by atoms with van der Waals surface area (Å²) >= 11 is 6.37. The van der Waals surface area contributed by atoms with Gasteiger partial charge in [-0.25, -0.2) is 4.98 Å². The zero-order chi connectivity index (χ0) is 20.7. The number of piperidine rings is 1. The lowest BCUT2D eigenvalue weighted by Gasteiger charge is -2.38. The highest BCUT2D eigenvalue weighted by Gasteiger charge is 2.43. The Balaban J connectivity index is 1.58. The van der Waals surface area contributed by atoms with Crippen molar-refractivity contribution in [1.29, 1.82) is 0 Å². The molecule has 3 aliphatic rings. The van der Waals surface area contributed by atoms with Crippen LogP contribution in [0.25, 0.3) is 0 Å². The van der Waals surface area contributed by atoms with Crippen LogP contribution in [0.15, 0.2) is 6.07 Å². The Morgan fingerprint density at radius 2 is 1.79 bits per heavy atom. The third kappa shape index (κ3) is 3.73. The van der Waals surface area contributed by atoms with Crippen LogP contribution in [0.4, 0.5) is 17.2 Å². The molecule has 160 valence electrons. The van der Waals surface area contributed by atoms with Crippen LogP contribution in [0, 0.1) is 0 Å². The minimum absolute atomic E-state index is 0.134. The van der Waals surface area contributed by atoms with E-state index in [4.69, 9.17) is 16.3 Å². The molecular formula is C20H31ClN6O2. The molecule has 1 unspecified atom stereocenters. The molecule has 4 rings (SSSR count). The SMILES string of the molecule is CN(C)C1CCN(C(=O)C2N(C)c3nc(Cl)cc(N4CCOCC4)c3N2C)CC1. The Morgan fingerprint density at radius 1 is 1.14 bits per heavy atom. The number of aromatic nitrogens is 1. The Kier molecular flexibility index (Phi) is 5.77. The van der Waals surface area contributed by atoms with Crippen LogP contribution < -0.4 is 14.7 Å². The summed E-state index contributed by atoms with van der Waals surface area (Å²) in [5, 5.41) is 0.449. The lowest BCUT2D eigenvalue weighted by atomic mass is 10.0. The van der Waals surface area contributed by atoms with E-state index >= 15 is 0 Å². The molecule has 0 N–H and O–H groups in total. The first-order valence-corrected chi connectivity index (χ1v) is 10.7. The largest absolute Gasteiger partial charge is 0.378 e. The van der Waals surface area contributed by atoms with Gasteiger partial charge in [0.25, 0.3) is 5.91 Å². The lowest BCUT2D eigenvalue weighted by molar-refractivity contribution is -0.133. The number of anilines is 3. The minimum atomic E-state index is -0.397. The fraction of sp³-hybridized carbons (Fsp3) is 0.700. The third-order valence-corrected chi connectivity index (χ3v) is 6.62. The van der Waals surface area contributed by atoms with Crippen LogP contribution in [0.3, 0.4) is 0 Å². The van der Waals surface area contributed by atoms with Crippen molar-refractivity contribution in [3.8, 4) is 0 Å². The van der Waals surface area contributed by atoms with Crippen molar-refractivity contribution >= 4 is 34.7 Å². The van der Waals surface area contributed by atoms with Crippen molar-refractivity contribution in [3.05, 3.63) is 11.2 Å². The minimum Gasteiger partial charge on any atom is -0.378 e. The first-order valence-electron chi connectivity index (χ1n) is 10.3. The van der Waals surface area contributed by atoms with Crippen molar-refractivity contribution in [2.45, 2.75) is 25.0 Å². The van der Waals surface area contributed by atoms with Gasteiger partial charge in [0.05, 0.1) is 18.9 Å². The van der Waals surface area contributed by atoms with Crippen LogP contribution in [0.2, 0.25) is 5.15 Å². The Hall–Kier alpha value is -1.77. The smallest absolute Gasteiger partial charge is 0.266 e. The molecule has 3 aliphatic heterocycles. The van der Waals surface area contributed by atoms with Crippen LogP contribution in [-0.4, -0.2) is 100 Å². The Bertz CT molecular complexity index is 762. The predicted octanol–water partition coefficient (Wildman–Crippen LogP) is 1.34. The topological polar surface area (TPSA) is 55.4 Å². The fourth-order valence-electron chi connectivity index (χ4n) is 4.71. The van der Waals surface area contributed by atoms with E-state index in [0.29, 0.717) is 24.4 Å². The van der Waals surface area contributed by atoms with E-state index in [1.54, 1.807) is 0 Å². The number of amides is 1. The number of halogens is 1. The van der Waals surface area contributed by atoms with Crippen molar-refractivity contribution in [1.82, 2.24) is 14.8 Å². The number of fused-ring (bicyclic) bond motifs is 1. The zero-order valence-electron chi connectivity index (χ0n) is 17.8. The molecule has 8 nitrogen and oxygen atoms in total. The monoisotopic (exact) mass is 422 g/mol. The van der Waals surface area contributed by atoms with Gasteiger partial charge in [0.2, 0.25) is 0 Å². The molecule has 0 radical (unpaired) electrons. The summed E-state index contributed by atoms with van der Waals surface area (Å²) in [4.78, 5) is 28.6. The van der Waals surface area contributed by atoms with Gasteiger partial charge in [-0.15, -0.1) is 0 Å². The van der Waals surface area contributed by atoms with E-state index in [0.717, 1.165) is 56.2 Å². The fourth-order valence-corrected chi connectivity index (χ4v) is 4.89. The molecule has 4 heterocycles. The summed E-state index contributed by atoms with van der Waals surface area (Å²) < 4.78 is 5.50. The third-order valence-electron chi connectivity index (χ3n) is 6.42. The van der Waals surface area contributed by atoms with E-state index < -0.39 is 6.17 Å². The average molecular weight is 423 g/mol. The second-order valence-electron chi connectivity index (χ2n) is 8.35. The average Bonchev–Trinajstić information content (AvgIpc) is 2.97. The van der Waals surface area contributed by atoms with Crippen LogP contribution in [0.1, 0.15) is 12.8 Å². The number of rotatable bonds is 3. The summed E-state index contributed by atoms with van der Waals surface area (Å²) in [6.45, 7) is 4.58. The molecule has 1 atom stereocenters. The number of likely N-dealkylation sites (tertiary alicyclic amines) is 1. The standard InChI is InChI=1S/C20H31ClN6O2/c1-23(2)14-5-7-27(8-6-14)20(28)19-24(3)17-15(26-9-11-29-12-10-26)13-16(21)22-18(17)25(19)4/h13-14,19H,5-12H2,1-4H3. The molecular weight excluding hydrogens is 392 g/mol. The van der Waals surface area contributed by atoms with Crippen LogP contribution >= 0.6 is 11.6 Å². The maximum atomic E-state index is 13.5. The van der Waals surface area contributed by atoms with E-state index in [1.165, 1.54) is 0 Å². The first-order chi connectivity index (χ1) is 13.9. The molecule has 2 fully saturated rings. The quantitative estimate of drug-likeness (QED) is 0.681. The van der Waals surface area contributed by atoms with E-state index in [2.05, 4.69) is 33.8 Å². The number of carbonyl (C=O) groups is 1. The second-order valence-corrected chi connectivity index (χ2v) is 8.74. The van der Waals surface area contributed by atoms with Gasteiger partial charge in [-0.1, -0.05) is 11.6 Å². The molecule has 0 saturated carbocycles. The van der Waals surface area contributed by atoms with E-state index in [9.17, 15) is 4.79 Å². The van der Waals surface area contributed by atoms with Gasteiger partial charge < -0.3 is 29.2 Å². The number of ether oxygens (including phenoxy) is 1. The normalized spacial score (nSPS) is 23.2. The molecule has 0 aromatic carbocycles. The van der Waals surface area contributed by atoms with E-state index in [1.807, 2.05) is 30.0 Å². The molecule has 0 bridgehead atoms. The molecule has 0 spiro atoms. The summed E-state index contributed by atoms with van der Waals surface area (Å²) in [6.07, 6.45) is 1.62. The van der Waals surface area contributed by atoms with Crippen molar-refractivity contribution < 1.29 is 9.53 Å². The maximum Gasteiger partial charge on any atom is 0.266 e. The Labute approximate surface area is 177 Å². The predicted molar refractivity (Wildman–Crippen MR) is 116 cm³/mol. The Morgan fingerprint density at radius 3 is 2.41 bits per heavy atom. The number of hydrogen-bond donors (Lipinski definition) is 0. The highest BCUT2D eigenvalue weighted by molar-refractivity contribution is 6.30. The highest BCUT2D eigenvalue weighted by atomic mass is 35.5.